The molecule has 0 spiro atoms. The minimum absolute atomic E-state index is 0.0256. The van der Waals surface area contributed by atoms with Crippen LogP contribution in [0.4, 0.5) is 0 Å². The molecular formula is C10H11N5O5S. The summed E-state index contributed by atoms with van der Waals surface area (Å²) in [4.78, 5) is 12.1. The molecule has 1 aromatic carbocycles. The van der Waals surface area contributed by atoms with Crippen molar-refractivity contribution in [2.24, 2.45) is 12.2 Å². The smallest absolute Gasteiger partial charge is 0.339 e. The number of carbonyl (C=O) groups is 1. The number of carboxylic acid groups (broad SMARTS) is 1. The standard InChI is InChI=1S/C10H11N5O5S/c1-15-13-9(12-14-15)5-20-8-3-2-6(21(11,18)19)4-7(8)10(16)17/h2-4H,5H2,1H3,(H,16,17)(H2,11,18,19). The number of aromatic nitrogens is 4. The van der Waals surface area contributed by atoms with Gasteiger partial charge in [0.2, 0.25) is 15.8 Å². The predicted octanol–water partition coefficient (Wildman–Crippen LogP) is -0.865. The normalized spacial score (nSPS) is 11.3. The summed E-state index contributed by atoms with van der Waals surface area (Å²) in [5, 5.41) is 25.2. The summed E-state index contributed by atoms with van der Waals surface area (Å²) in [6.45, 7) is -0.108. The number of benzene rings is 1. The molecule has 0 radical (unpaired) electrons. The molecule has 10 nitrogen and oxygen atoms in total. The second-order valence-corrected chi connectivity index (χ2v) is 5.55. The van der Waals surface area contributed by atoms with E-state index in [9.17, 15) is 13.2 Å². The highest BCUT2D eigenvalue weighted by Gasteiger charge is 2.17. The topological polar surface area (TPSA) is 150 Å². The van der Waals surface area contributed by atoms with Crippen molar-refractivity contribution >= 4 is 16.0 Å². The summed E-state index contributed by atoms with van der Waals surface area (Å²) >= 11 is 0. The van der Waals surface area contributed by atoms with Gasteiger partial charge in [-0.05, 0) is 23.4 Å². The quantitative estimate of drug-likeness (QED) is 0.723. The maximum absolute atomic E-state index is 11.2. The molecule has 21 heavy (non-hydrogen) atoms. The molecule has 3 N–H and O–H groups in total. The van der Waals surface area contributed by atoms with Crippen molar-refractivity contribution in [2.75, 3.05) is 0 Å². The van der Waals surface area contributed by atoms with E-state index >= 15 is 0 Å². The number of carboxylic acids is 1. The number of nitrogens with two attached hydrogens (primary N) is 1. The van der Waals surface area contributed by atoms with Crippen LogP contribution in [0, 0.1) is 0 Å². The van der Waals surface area contributed by atoms with Gasteiger partial charge in [-0.15, -0.1) is 10.2 Å². The maximum Gasteiger partial charge on any atom is 0.339 e. The summed E-state index contributed by atoms with van der Waals surface area (Å²) in [6.07, 6.45) is 0. The van der Waals surface area contributed by atoms with E-state index in [1.54, 1.807) is 7.05 Å². The van der Waals surface area contributed by atoms with Gasteiger partial charge in [-0.25, -0.2) is 18.4 Å². The molecule has 2 rings (SSSR count). The molecule has 0 unspecified atom stereocenters. The molecule has 0 aliphatic rings. The van der Waals surface area contributed by atoms with Gasteiger partial charge in [-0.1, -0.05) is 0 Å². The van der Waals surface area contributed by atoms with Crippen molar-refractivity contribution in [3.8, 4) is 5.75 Å². The zero-order valence-corrected chi connectivity index (χ0v) is 11.6. The Morgan fingerprint density at radius 1 is 1.48 bits per heavy atom. The Kier molecular flexibility index (Phi) is 3.86. The summed E-state index contributed by atoms with van der Waals surface area (Å²) in [7, 11) is -2.43. The SMILES string of the molecule is Cn1nnc(COc2ccc(S(N)(=O)=O)cc2C(=O)O)n1. The fourth-order valence-corrected chi connectivity index (χ4v) is 2.04. The lowest BCUT2D eigenvalue weighted by Crippen LogP contribution is -2.14. The lowest BCUT2D eigenvalue weighted by atomic mass is 10.2. The second-order valence-electron chi connectivity index (χ2n) is 3.99. The van der Waals surface area contributed by atoms with Crippen LogP contribution in [0.5, 0.6) is 5.75 Å². The minimum Gasteiger partial charge on any atom is -0.485 e. The first-order chi connectivity index (χ1) is 9.77. The van der Waals surface area contributed by atoms with Crippen LogP contribution < -0.4 is 9.88 Å². The Balaban J connectivity index is 2.28. The first-order valence-corrected chi connectivity index (χ1v) is 7.08. The summed E-state index contributed by atoms with van der Waals surface area (Å²) in [5.41, 5.74) is -0.328. The van der Waals surface area contributed by atoms with Gasteiger partial charge < -0.3 is 9.84 Å². The van der Waals surface area contributed by atoms with Gasteiger partial charge in [0.1, 0.15) is 11.3 Å². The number of nitrogens with zero attached hydrogens (tertiary/aromatic N) is 4. The first-order valence-electron chi connectivity index (χ1n) is 5.53. The van der Waals surface area contributed by atoms with Gasteiger partial charge in [0.15, 0.2) is 6.61 Å². The van der Waals surface area contributed by atoms with E-state index in [-0.39, 0.29) is 28.6 Å². The lowest BCUT2D eigenvalue weighted by Gasteiger charge is -2.08. The number of hydrogen-bond donors (Lipinski definition) is 2. The van der Waals surface area contributed by atoms with E-state index in [4.69, 9.17) is 15.0 Å². The Labute approximate surface area is 119 Å². The van der Waals surface area contributed by atoms with Crippen LogP contribution in [-0.4, -0.2) is 39.7 Å². The van der Waals surface area contributed by atoms with Crippen LogP contribution in [0.25, 0.3) is 0 Å². The number of tetrazole rings is 1. The van der Waals surface area contributed by atoms with Crippen molar-refractivity contribution in [2.45, 2.75) is 11.5 Å². The molecular weight excluding hydrogens is 302 g/mol. The van der Waals surface area contributed by atoms with E-state index in [2.05, 4.69) is 15.4 Å². The first kappa shape index (κ1) is 14.9. The fourth-order valence-electron chi connectivity index (χ4n) is 1.50. The highest BCUT2D eigenvalue weighted by Crippen LogP contribution is 2.22. The molecule has 112 valence electrons. The number of hydrogen-bond acceptors (Lipinski definition) is 7. The Morgan fingerprint density at radius 2 is 2.19 bits per heavy atom. The van der Waals surface area contributed by atoms with Gasteiger partial charge in [-0.3, -0.25) is 0 Å². The second kappa shape index (κ2) is 5.46. The predicted molar refractivity (Wildman–Crippen MR) is 67.9 cm³/mol. The number of aromatic carboxylic acids is 1. The van der Waals surface area contributed by atoms with Gasteiger partial charge in [0.05, 0.1) is 11.9 Å². The largest absolute Gasteiger partial charge is 0.485 e. The van der Waals surface area contributed by atoms with Crippen molar-refractivity contribution in [3.63, 3.8) is 0 Å². The van der Waals surface area contributed by atoms with Gasteiger partial charge >= 0.3 is 5.97 Å². The zero-order chi connectivity index (χ0) is 15.6. The van der Waals surface area contributed by atoms with E-state index in [0.717, 1.165) is 12.1 Å². The van der Waals surface area contributed by atoms with Gasteiger partial charge in [0, 0.05) is 0 Å². The minimum atomic E-state index is -4.00. The molecule has 0 fully saturated rings. The van der Waals surface area contributed by atoms with Crippen molar-refractivity contribution < 1.29 is 23.1 Å². The van der Waals surface area contributed by atoms with Gasteiger partial charge in [-0.2, -0.15) is 4.80 Å². The van der Waals surface area contributed by atoms with E-state index in [0.29, 0.717) is 0 Å². The Morgan fingerprint density at radius 3 is 2.71 bits per heavy atom. The summed E-state index contributed by atoms with van der Waals surface area (Å²) in [5.74, 6) is -1.12. The van der Waals surface area contributed by atoms with Crippen LogP contribution in [0.3, 0.4) is 0 Å². The van der Waals surface area contributed by atoms with Crippen molar-refractivity contribution in [3.05, 3.63) is 29.6 Å². The van der Waals surface area contributed by atoms with E-state index in [1.165, 1.54) is 10.9 Å². The molecule has 0 saturated carbocycles. The third kappa shape index (κ3) is 3.52. The molecule has 11 heteroatoms. The number of primary sulfonamides is 1. The summed E-state index contributed by atoms with van der Waals surface area (Å²) < 4.78 is 27.7. The molecule has 0 amide bonds. The third-order valence-electron chi connectivity index (χ3n) is 2.42. The van der Waals surface area contributed by atoms with Crippen LogP contribution in [0.1, 0.15) is 16.2 Å². The van der Waals surface area contributed by atoms with Crippen LogP contribution in [0.15, 0.2) is 23.1 Å². The molecule has 2 aromatic rings. The zero-order valence-electron chi connectivity index (χ0n) is 10.8. The van der Waals surface area contributed by atoms with Crippen molar-refractivity contribution in [1.29, 1.82) is 0 Å². The number of ether oxygens (including phenoxy) is 1. The van der Waals surface area contributed by atoms with Crippen LogP contribution >= 0.6 is 0 Å². The average molecular weight is 313 g/mol. The average Bonchev–Trinajstić information content (AvgIpc) is 2.80. The lowest BCUT2D eigenvalue weighted by molar-refractivity contribution is 0.0691. The van der Waals surface area contributed by atoms with Crippen LogP contribution in [-0.2, 0) is 23.7 Å². The highest BCUT2D eigenvalue weighted by atomic mass is 32.2. The molecule has 1 aromatic heterocycles. The Hall–Kier alpha value is -2.53. The number of aryl methyl sites for hydroxylation is 1. The molecule has 0 bridgehead atoms. The monoisotopic (exact) mass is 313 g/mol. The highest BCUT2D eigenvalue weighted by molar-refractivity contribution is 7.89. The Bertz CT molecular complexity index is 785. The molecule has 0 atom stereocenters. The third-order valence-corrected chi connectivity index (χ3v) is 3.33. The maximum atomic E-state index is 11.2. The molecule has 0 saturated heterocycles. The molecule has 0 aliphatic heterocycles. The van der Waals surface area contributed by atoms with Crippen molar-refractivity contribution in [1.82, 2.24) is 20.2 Å². The summed E-state index contributed by atoms with van der Waals surface area (Å²) in [6, 6.07) is 3.29. The molecule has 1 heterocycles. The van der Waals surface area contributed by atoms with Crippen LogP contribution in [0.2, 0.25) is 0 Å². The molecule has 0 aliphatic carbocycles. The fraction of sp³-hybridized carbons (Fsp3) is 0.200. The van der Waals surface area contributed by atoms with Gasteiger partial charge in [0.25, 0.3) is 0 Å². The number of sulfonamides is 1. The van der Waals surface area contributed by atoms with E-state index in [1.807, 2.05) is 0 Å². The van der Waals surface area contributed by atoms with E-state index < -0.39 is 16.0 Å². The number of rotatable bonds is 5.